The number of carbonyl (C=O) groups excluding carboxylic acids is 1. The number of esters is 1. The quantitative estimate of drug-likeness (QED) is 0.458. The van der Waals surface area contributed by atoms with E-state index < -0.39 is 0 Å². The molecule has 84 valence electrons. The van der Waals surface area contributed by atoms with E-state index in [0.717, 1.165) is 29.3 Å². The third kappa shape index (κ3) is 1.37. The molecule has 4 atom stereocenters. The summed E-state index contributed by atoms with van der Waals surface area (Å²) in [6.07, 6.45) is 3.97. The van der Waals surface area contributed by atoms with E-state index >= 15 is 0 Å². The molecule has 3 saturated heterocycles. The maximum absolute atomic E-state index is 11.2. The minimum absolute atomic E-state index is 0.00716. The maximum atomic E-state index is 11.2. The highest BCUT2D eigenvalue weighted by molar-refractivity contribution is 6.08. The van der Waals surface area contributed by atoms with Crippen LogP contribution >= 0.6 is 0 Å². The minimum atomic E-state index is -0.0634. The second-order valence-corrected chi connectivity index (χ2v) is 5.37. The average Bonchev–Trinajstić information content (AvgIpc) is 2.83. The largest absolute Gasteiger partial charge is 0.465 e. The first-order valence-electron chi connectivity index (χ1n) is 5.66. The molecule has 1 spiro atoms. The normalized spacial score (nSPS) is 48.0. The molecular formula is C10H16O4Si. The van der Waals surface area contributed by atoms with Gasteiger partial charge in [0.05, 0.1) is 24.7 Å². The van der Waals surface area contributed by atoms with Gasteiger partial charge in [-0.2, -0.15) is 0 Å². The molecule has 0 radical (unpaired) electrons. The highest BCUT2D eigenvalue weighted by Crippen LogP contribution is 2.53. The van der Waals surface area contributed by atoms with Gasteiger partial charge < -0.3 is 14.2 Å². The standard InChI is InChI=1S/C10H16O4Si/c11-9-3-10(4-12-9)2-7-6(13-5-15)1-8(10)14-7/h6-8H,1-5H2,15H3. The molecule has 2 bridgehead atoms. The Hall–Kier alpha value is -0.393. The fraction of sp³-hybridized carbons (Fsp3) is 0.900. The molecule has 15 heavy (non-hydrogen) atoms. The molecule has 3 aliphatic rings. The summed E-state index contributed by atoms with van der Waals surface area (Å²) in [7, 11) is 1.07. The molecule has 0 aliphatic carbocycles. The van der Waals surface area contributed by atoms with E-state index in [9.17, 15) is 4.79 Å². The van der Waals surface area contributed by atoms with Gasteiger partial charge in [0.1, 0.15) is 6.61 Å². The van der Waals surface area contributed by atoms with Crippen molar-refractivity contribution in [1.82, 2.24) is 0 Å². The molecule has 3 heterocycles. The Labute approximate surface area is 91.7 Å². The van der Waals surface area contributed by atoms with Crippen LogP contribution in [0.4, 0.5) is 0 Å². The number of ether oxygens (including phenoxy) is 3. The zero-order valence-corrected chi connectivity index (χ0v) is 10.9. The molecule has 3 fully saturated rings. The van der Waals surface area contributed by atoms with Gasteiger partial charge in [0.2, 0.25) is 0 Å². The average molecular weight is 228 g/mol. The predicted molar refractivity (Wildman–Crippen MR) is 55.6 cm³/mol. The zero-order valence-electron chi connectivity index (χ0n) is 8.90. The van der Waals surface area contributed by atoms with E-state index in [0.29, 0.717) is 13.0 Å². The van der Waals surface area contributed by atoms with E-state index in [1.54, 1.807) is 0 Å². The summed E-state index contributed by atoms with van der Waals surface area (Å²) in [4.78, 5) is 11.2. The third-order valence-corrected chi connectivity index (χ3v) is 4.22. The van der Waals surface area contributed by atoms with Crippen molar-refractivity contribution in [2.24, 2.45) is 5.41 Å². The Balaban J connectivity index is 1.72. The fourth-order valence-electron chi connectivity index (χ4n) is 3.16. The van der Waals surface area contributed by atoms with Crippen LogP contribution in [0.3, 0.4) is 0 Å². The van der Waals surface area contributed by atoms with Crippen LogP contribution in [0, 0.1) is 5.41 Å². The van der Waals surface area contributed by atoms with E-state index in [1.165, 1.54) is 0 Å². The van der Waals surface area contributed by atoms with Crippen molar-refractivity contribution in [1.29, 1.82) is 0 Å². The molecule has 3 rings (SSSR count). The summed E-state index contributed by atoms with van der Waals surface area (Å²) in [5, 5.41) is 0. The van der Waals surface area contributed by atoms with E-state index in [2.05, 4.69) is 0 Å². The van der Waals surface area contributed by atoms with Crippen molar-refractivity contribution in [2.75, 3.05) is 12.8 Å². The Morgan fingerprint density at radius 2 is 2.47 bits per heavy atom. The lowest BCUT2D eigenvalue weighted by atomic mass is 9.72. The van der Waals surface area contributed by atoms with Gasteiger partial charge >= 0.3 is 5.97 Å². The summed E-state index contributed by atoms with van der Waals surface area (Å²) < 4.78 is 16.6. The second-order valence-electron chi connectivity index (χ2n) is 4.80. The minimum Gasteiger partial charge on any atom is -0.465 e. The molecular weight excluding hydrogens is 212 g/mol. The van der Waals surface area contributed by atoms with Crippen LogP contribution in [0.1, 0.15) is 19.3 Å². The highest BCUT2D eigenvalue weighted by atomic mass is 28.1. The molecule has 0 aromatic heterocycles. The van der Waals surface area contributed by atoms with Crippen LogP contribution < -0.4 is 0 Å². The summed E-state index contributed by atoms with van der Waals surface area (Å²) in [6, 6.07) is 0. The number of hydrogen-bond acceptors (Lipinski definition) is 4. The monoisotopic (exact) mass is 228 g/mol. The van der Waals surface area contributed by atoms with Gasteiger partial charge in [0.15, 0.2) is 0 Å². The summed E-state index contributed by atoms with van der Waals surface area (Å²) in [6.45, 7) is 0.556. The van der Waals surface area contributed by atoms with Crippen molar-refractivity contribution < 1.29 is 19.0 Å². The molecule has 0 aromatic carbocycles. The fourth-order valence-corrected chi connectivity index (χ4v) is 3.59. The van der Waals surface area contributed by atoms with Gasteiger partial charge in [0, 0.05) is 28.3 Å². The molecule has 0 aromatic rings. The Kier molecular flexibility index (Phi) is 2.16. The SMILES string of the molecule is O=C1CC2(CO1)CC1OC2CC1OC[SiH3]. The van der Waals surface area contributed by atoms with Crippen molar-refractivity contribution >= 4 is 16.2 Å². The van der Waals surface area contributed by atoms with Gasteiger partial charge in [-0.05, 0) is 6.42 Å². The van der Waals surface area contributed by atoms with Crippen LogP contribution in [-0.4, -0.2) is 47.4 Å². The highest BCUT2D eigenvalue weighted by Gasteiger charge is 2.60. The Morgan fingerprint density at radius 3 is 3.00 bits per heavy atom. The van der Waals surface area contributed by atoms with E-state index in [1.807, 2.05) is 0 Å². The first-order valence-corrected chi connectivity index (χ1v) is 7.07. The summed E-state index contributed by atoms with van der Waals surface area (Å²) in [5.41, 5.74) is -0.00716. The van der Waals surface area contributed by atoms with Crippen molar-refractivity contribution in [3.8, 4) is 0 Å². The number of fused-ring (bicyclic) bond motifs is 3. The Morgan fingerprint density at radius 1 is 1.60 bits per heavy atom. The molecule has 0 amide bonds. The first-order chi connectivity index (χ1) is 7.23. The summed E-state index contributed by atoms with van der Waals surface area (Å²) >= 11 is 0. The molecule has 4 unspecified atom stereocenters. The third-order valence-electron chi connectivity index (χ3n) is 3.89. The second kappa shape index (κ2) is 3.30. The maximum Gasteiger partial charge on any atom is 0.306 e. The van der Waals surface area contributed by atoms with Crippen LogP contribution in [-0.2, 0) is 19.0 Å². The lowest BCUT2D eigenvalue weighted by molar-refractivity contribution is -0.137. The van der Waals surface area contributed by atoms with Gasteiger partial charge in [-0.1, -0.05) is 0 Å². The lowest BCUT2D eigenvalue weighted by Crippen LogP contribution is -2.39. The van der Waals surface area contributed by atoms with E-state index in [4.69, 9.17) is 14.2 Å². The van der Waals surface area contributed by atoms with Crippen LogP contribution in [0.5, 0.6) is 0 Å². The smallest absolute Gasteiger partial charge is 0.306 e. The van der Waals surface area contributed by atoms with Gasteiger partial charge in [-0.3, -0.25) is 4.79 Å². The number of carbonyl (C=O) groups is 1. The number of hydrogen-bond donors (Lipinski definition) is 0. The molecule has 0 saturated carbocycles. The molecule has 0 N–H and O–H groups in total. The molecule has 5 heteroatoms. The number of cyclic esters (lactones) is 1. The Bertz CT molecular complexity index is 295. The van der Waals surface area contributed by atoms with Crippen molar-refractivity contribution in [2.45, 2.75) is 37.6 Å². The van der Waals surface area contributed by atoms with Crippen LogP contribution in [0.2, 0.25) is 0 Å². The van der Waals surface area contributed by atoms with Crippen LogP contribution in [0.15, 0.2) is 0 Å². The molecule has 3 aliphatic heterocycles. The summed E-state index contributed by atoms with van der Waals surface area (Å²) in [5.74, 6) is -0.0634. The van der Waals surface area contributed by atoms with E-state index in [-0.39, 0.29) is 29.7 Å². The predicted octanol–water partition coefficient (Wildman–Crippen LogP) is -0.811. The first kappa shape index (κ1) is 9.81. The molecule has 4 nitrogen and oxygen atoms in total. The van der Waals surface area contributed by atoms with Gasteiger partial charge in [-0.15, -0.1) is 0 Å². The zero-order chi connectivity index (χ0) is 10.5. The number of rotatable bonds is 2. The van der Waals surface area contributed by atoms with Gasteiger partial charge in [0.25, 0.3) is 0 Å². The van der Waals surface area contributed by atoms with Gasteiger partial charge in [-0.25, -0.2) is 0 Å². The van der Waals surface area contributed by atoms with Crippen LogP contribution in [0.25, 0.3) is 0 Å². The topological polar surface area (TPSA) is 44.8 Å². The lowest BCUT2D eigenvalue weighted by Gasteiger charge is -2.30. The van der Waals surface area contributed by atoms with Crippen molar-refractivity contribution in [3.05, 3.63) is 0 Å². The van der Waals surface area contributed by atoms with Crippen molar-refractivity contribution in [3.63, 3.8) is 0 Å².